The maximum Gasteiger partial charge on any atom is 0.416 e. The van der Waals surface area contributed by atoms with Crippen molar-refractivity contribution in [2.45, 2.75) is 17.2 Å². The molecule has 0 amide bonds. The first-order valence-electron chi connectivity index (χ1n) is 8.85. The van der Waals surface area contributed by atoms with Crippen LogP contribution in [-0.2, 0) is 22.2 Å². The minimum atomic E-state index is -4.72. The number of hydrogen-bond acceptors (Lipinski definition) is 2. The lowest BCUT2D eigenvalue weighted by Crippen LogP contribution is -2.07. The van der Waals surface area contributed by atoms with E-state index in [1.165, 1.54) is 36.4 Å². The Labute approximate surface area is 173 Å². The van der Waals surface area contributed by atoms with Gasteiger partial charge in [-0.25, -0.2) is 8.42 Å². The van der Waals surface area contributed by atoms with Crippen LogP contribution in [0.3, 0.4) is 0 Å². The fraction of sp³-hybridized carbons (Fsp3) is 0.0909. The lowest BCUT2D eigenvalue weighted by Gasteiger charge is -2.13. The van der Waals surface area contributed by atoms with E-state index in [4.69, 9.17) is 0 Å². The summed E-state index contributed by atoms with van der Waals surface area (Å²) < 4.78 is 106. The standard InChI is InChI=1S/C22H12F6O2S/c23-21(24,25)15-7-3-5-13(11-15)19-17-9-1-2-10-18(17)31(29,30)20(19)14-6-4-8-16(12-14)22(26,27)28/h1-12H. The summed E-state index contributed by atoms with van der Waals surface area (Å²) in [5.41, 5.74) is -2.31. The van der Waals surface area contributed by atoms with Crippen molar-refractivity contribution in [1.29, 1.82) is 0 Å². The molecule has 9 heteroatoms. The first-order valence-corrected chi connectivity index (χ1v) is 10.3. The molecule has 1 aliphatic rings. The van der Waals surface area contributed by atoms with Crippen LogP contribution < -0.4 is 0 Å². The lowest BCUT2D eigenvalue weighted by molar-refractivity contribution is -0.138. The first-order chi connectivity index (χ1) is 14.4. The van der Waals surface area contributed by atoms with E-state index >= 15 is 0 Å². The minimum Gasteiger partial charge on any atom is -0.218 e. The molecule has 1 aliphatic heterocycles. The van der Waals surface area contributed by atoms with E-state index in [9.17, 15) is 34.8 Å². The van der Waals surface area contributed by atoms with Crippen LogP contribution >= 0.6 is 0 Å². The van der Waals surface area contributed by atoms with E-state index in [0.717, 1.165) is 30.3 Å². The Balaban J connectivity index is 2.07. The molecular weight excluding hydrogens is 442 g/mol. The monoisotopic (exact) mass is 454 g/mol. The Morgan fingerprint density at radius 3 is 1.71 bits per heavy atom. The van der Waals surface area contributed by atoms with Gasteiger partial charge in [0, 0.05) is 11.1 Å². The van der Waals surface area contributed by atoms with Crippen molar-refractivity contribution in [3.63, 3.8) is 0 Å². The van der Waals surface area contributed by atoms with Gasteiger partial charge in [-0.15, -0.1) is 0 Å². The SMILES string of the molecule is O=S1(=O)C(c2cccc(C(F)(F)F)c2)=C(c2cccc(C(F)(F)F)c2)c2ccccc21. The lowest BCUT2D eigenvalue weighted by atomic mass is 9.94. The molecule has 160 valence electrons. The Hall–Kier alpha value is -3.07. The quantitative estimate of drug-likeness (QED) is 0.419. The van der Waals surface area contributed by atoms with Gasteiger partial charge < -0.3 is 0 Å². The predicted octanol–water partition coefficient (Wildman–Crippen LogP) is 6.43. The van der Waals surface area contributed by atoms with E-state index in [2.05, 4.69) is 0 Å². The molecule has 0 aliphatic carbocycles. The van der Waals surface area contributed by atoms with Crippen LogP contribution in [0.4, 0.5) is 26.3 Å². The van der Waals surface area contributed by atoms with Crippen LogP contribution in [0.2, 0.25) is 0 Å². The predicted molar refractivity (Wildman–Crippen MR) is 102 cm³/mol. The third-order valence-corrected chi connectivity index (χ3v) is 6.78. The van der Waals surface area contributed by atoms with Crippen molar-refractivity contribution in [3.05, 3.63) is 101 Å². The van der Waals surface area contributed by atoms with Gasteiger partial charge in [0.05, 0.1) is 20.9 Å². The Morgan fingerprint density at radius 2 is 1.13 bits per heavy atom. The zero-order valence-electron chi connectivity index (χ0n) is 15.4. The van der Waals surface area contributed by atoms with Crippen molar-refractivity contribution in [1.82, 2.24) is 0 Å². The number of fused-ring (bicyclic) bond motifs is 1. The summed E-state index contributed by atoms with van der Waals surface area (Å²) in [5, 5.41) is 0. The topological polar surface area (TPSA) is 34.1 Å². The molecule has 0 fully saturated rings. The van der Waals surface area contributed by atoms with Crippen LogP contribution in [-0.4, -0.2) is 8.42 Å². The van der Waals surface area contributed by atoms with Crippen LogP contribution in [0.25, 0.3) is 10.5 Å². The highest BCUT2D eigenvalue weighted by molar-refractivity contribution is 8.01. The summed E-state index contributed by atoms with van der Waals surface area (Å²) >= 11 is 0. The number of halogens is 6. The molecule has 2 nitrogen and oxygen atoms in total. The third kappa shape index (κ3) is 3.63. The molecule has 0 unspecified atom stereocenters. The number of alkyl halides is 6. The number of rotatable bonds is 2. The molecule has 1 heterocycles. The van der Waals surface area contributed by atoms with Crippen molar-refractivity contribution < 1.29 is 34.8 Å². The van der Waals surface area contributed by atoms with Gasteiger partial charge in [0.25, 0.3) is 0 Å². The maximum atomic E-state index is 13.2. The molecular formula is C22H12F6O2S. The summed E-state index contributed by atoms with van der Waals surface area (Å²) in [7, 11) is -4.28. The van der Waals surface area contributed by atoms with E-state index in [1.807, 2.05) is 0 Å². The van der Waals surface area contributed by atoms with Crippen molar-refractivity contribution >= 4 is 20.3 Å². The number of benzene rings is 3. The van der Waals surface area contributed by atoms with Gasteiger partial charge in [-0.3, -0.25) is 0 Å². The Bertz CT molecular complexity index is 1320. The van der Waals surface area contributed by atoms with Gasteiger partial charge in [-0.1, -0.05) is 42.5 Å². The number of hydrogen-bond donors (Lipinski definition) is 0. The van der Waals surface area contributed by atoms with Gasteiger partial charge in [0.1, 0.15) is 0 Å². The third-order valence-electron chi connectivity index (χ3n) is 4.87. The highest BCUT2D eigenvalue weighted by Crippen LogP contribution is 2.48. The van der Waals surface area contributed by atoms with Crippen molar-refractivity contribution in [2.24, 2.45) is 0 Å². The van der Waals surface area contributed by atoms with Gasteiger partial charge in [0.2, 0.25) is 9.84 Å². The molecule has 3 aromatic carbocycles. The minimum absolute atomic E-state index is 0.0595. The zero-order chi connectivity index (χ0) is 22.6. The highest BCUT2D eigenvalue weighted by Gasteiger charge is 2.39. The van der Waals surface area contributed by atoms with Gasteiger partial charge >= 0.3 is 12.4 Å². The van der Waals surface area contributed by atoms with Gasteiger partial charge in [0.15, 0.2) is 0 Å². The maximum absolute atomic E-state index is 13.2. The average Bonchev–Trinajstić information content (AvgIpc) is 2.94. The number of sulfone groups is 1. The molecule has 0 N–H and O–H groups in total. The van der Waals surface area contributed by atoms with Crippen molar-refractivity contribution in [2.75, 3.05) is 0 Å². The second-order valence-electron chi connectivity index (χ2n) is 6.86. The highest BCUT2D eigenvalue weighted by atomic mass is 32.2. The van der Waals surface area contributed by atoms with E-state index in [-0.39, 0.29) is 27.2 Å². The van der Waals surface area contributed by atoms with E-state index in [0.29, 0.717) is 6.07 Å². The largest absolute Gasteiger partial charge is 0.416 e. The first kappa shape index (κ1) is 21.2. The van der Waals surface area contributed by atoms with Crippen LogP contribution in [0.15, 0.2) is 77.7 Å². The van der Waals surface area contributed by atoms with Crippen LogP contribution in [0.1, 0.15) is 27.8 Å². The van der Waals surface area contributed by atoms with E-state index < -0.39 is 38.2 Å². The Morgan fingerprint density at radius 1 is 0.613 bits per heavy atom. The van der Waals surface area contributed by atoms with E-state index in [1.54, 1.807) is 0 Å². The summed E-state index contributed by atoms with van der Waals surface area (Å²) in [6, 6.07) is 13.4. The molecule has 0 spiro atoms. The summed E-state index contributed by atoms with van der Waals surface area (Å²) in [6.45, 7) is 0. The van der Waals surface area contributed by atoms with Crippen molar-refractivity contribution in [3.8, 4) is 0 Å². The van der Waals surface area contributed by atoms with Gasteiger partial charge in [-0.2, -0.15) is 26.3 Å². The van der Waals surface area contributed by atoms with Crippen LogP contribution in [0, 0.1) is 0 Å². The summed E-state index contributed by atoms with van der Waals surface area (Å²) in [4.78, 5) is -0.631. The molecule has 0 atom stereocenters. The molecule has 0 saturated heterocycles. The molecule has 0 saturated carbocycles. The fourth-order valence-electron chi connectivity index (χ4n) is 3.55. The molecule has 31 heavy (non-hydrogen) atoms. The molecule has 0 bridgehead atoms. The summed E-state index contributed by atoms with van der Waals surface area (Å²) in [6.07, 6.45) is -9.40. The normalized spacial score (nSPS) is 15.8. The summed E-state index contributed by atoms with van der Waals surface area (Å²) in [5.74, 6) is 0. The smallest absolute Gasteiger partial charge is 0.218 e. The Kier molecular flexibility index (Phi) is 4.77. The average molecular weight is 454 g/mol. The fourth-order valence-corrected chi connectivity index (χ4v) is 5.42. The molecule has 0 aromatic heterocycles. The molecule has 4 rings (SSSR count). The molecule has 0 radical (unpaired) electrons. The van der Waals surface area contributed by atoms with Gasteiger partial charge in [-0.05, 0) is 41.5 Å². The second kappa shape index (κ2) is 6.98. The second-order valence-corrected chi connectivity index (χ2v) is 8.72. The molecule has 3 aromatic rings. The zero-order valence-corrected chi connectivity index (χ0v) is 16.2. The van der Waals surface area contributed by atoms with Crippen LogP contribution in [0.5, 0.6) is 0 Å².